The lowest BCUT2D eigenvalue weighted by Crippen LogP contribution is -2.26. The zero-order valence-corrected chi connectivity index (χ0v) is 7.18. The topological polar surface area (TPSA) is 54.4 Å². The van der Waals surface area contributed by atoms with Gasteiger partial charge < -0.3 is 5.11 Å². The molecule has 3 nitrogen and oxygen atoms in total. The second-order valence-corrected chi connectivity index (χ2v) is 3.26. The quantitative estimate of drug-likeness (QED) is 0.674. The smallest absolute Gasteiger partial charge is 0.309 e. The first kappa shape index (κ1) is 10.1. The molecular formula is C8H14O3. The number of carbonyl (C=O) groups excluding carboxylic acids is 1. The van der Waals surface area contributed by atoms with Crippen LogP contribution in [-0.4, -0.2) is 16.9 Å². The standard InChI is InChI=1S/C8H14O3/c1-4-6(9)5-8(2,3)7(10)11/h4-5H2,1-3H3,(H,10,11). The molecule has 0 bridgehead atoms. The molecule has 3 heteroatoms. The number of hydrogen-bond donors (Lipinski definition) is 1. The van der Waals surface area contributed by atoms with E-state index < -0.39 is 11.4 Å². The van der Waals surface area contributed by atoms with Gasteiger partial charge >= 0.3 is 5.97 Å². The highest BCUT2D eigenvalue weighted by molar-refractivity contribution is 5.85. The third-order valence-electron chi connectivity index (χ3n) is 1.61. The van der Waals surface area contributed by atoms with Crippen LogP contribution in [0.15, 0.2) is 0 Å². The Labute approximate surface area is 66.4 Å². The van der Waals surface area contributed by atoms with Gasteiger partial charge in [0.15, 0.2) is 0 Å². The summed E-state index contributed by atoms with van der Waals surface area (Å²) in [5.74, 6) is -0.920. The van der Waals surface area contributed by atoms with Gasteiger partial charge in [0, 0.05) is 12.8 Å². The minimum atomic E-state index is -0.917. The van der Waals surface area contributed by atoms with Crippen LogP contribution < -0.4 is 0 Å². The fourth-order valence-electron chi connectivity index (χ4n) is 0.694. The minimum absolute atomic E-state index is 0.00241. The van der Waals surface area contributed by atoms with Crippen LogP contribution in [0.3, 0.4) is 0 Å². The van der Waals surface area contributed by atoms with Gasteiger partial charge in [-0.25, -0.2) is 0 Å². The summed E-state index contributed by atoms with van der Waals surface area (Å²) >= 11 is 0. The van der Waals surface area contributed by atoms with Gasteiger partial charge in [0.1, 0.15) is 5.78 Å². The highest BCUT2D eigenvalue weighted by Crippen LogP contribution is 2.21. The molecule has 0 amide bonds. The summed E-state index contributed by atoms with van der Waals surface area (Å²) in [5, 5.41) is 8.63. The maximum atomic E-state index is 10.9. The van der Waals surface area contributed by atoms with E-state index in [1.54, 1.807) is 20.8 Å². The van der Waals surface area contributed by atoms with E-state index in [1.165, 1.54) is 0 Å². The lowest BCUT2D eigenvalue weighted by Gasteiger charge is -2.16. The summed E-state index contributed by atoms with van der Waals surface area (Å²) in [6.45, 7) is 4.85. The second kappa shape index (κ2) is 3.51. The van der Waals surface area contributed by atoms with Gasteiger partial charge in [-0.3, -0.25) is 9.59 Å². The Kier molecular flexibility index (Phi) is 3.23. The molecule has 0 aliphatic heterocycles. The molecule has 0 saturated carbocycles. The lowest BCUT2D eigenvalue weighted by atomic mass is 9.87. The van der Waals surface area contributed by atoms with Gasteiger partial charge in [-0.1, -0.05) is 6.92 Å². The highest BCUT2D eigenvalue weighted by Gasteiger charge is 2.29. The molecular weight excluding hydrogens is 144 g/mol. The van der Waals surface area contributed by atoms with Crippen LogP contribution >= 0.6 is 0 Å². The average molecular weight is 158 g/mol. The molecule has 0 aliphatic carbocycles. The summed E-state index contributed by atoms with van der Waals surface area (Å²) < 4.78 is 0. The summed E-state index contributed by atoms with van der Waals surface area (Å²) in [4.78, 5) is 21.4. The number of Topliss-reactive ketones (excluding diaryl/α,β-unsaturated/α-hetero) is 1. The minimum Gasteiger partial charge on any atom is -0.481 e. The van der Waals surface area contributed by atoms with Crippen molar-refractivity contribution >= 4 is 11.8 Å². The van der Waals surface area contributed by atoms with Crippen molar-refractivity contribution in [3.05, 3.63) is 0 Å². The summed E-state index contributed by atoms with van der Waals surface area (Å²) in [6.07, 6.45) is 0.537. The average Bonchev–Trinajstić information content (AvgIpc) is 1.86. The van der Waals surface area contributed by atoms with Crippen molar-refractivity contribution in [3.8, 4) is 0 Å². The van der Waals surface area contributed by atoms with Crippen LogP contribution in [0.2, 0.25) is 0 Å². The van der Waals surface area contributed by atoms with E-state index in [-0.39, 0.29) is 12.2 Å². The molecule has 0 rings (SSSR count). The van der Waals surface area contributed by atoms with Crippen molar-refractivity contribution in [2.75, 3.05) is 0 Å². The van der Waals surface area contributed by atoms with E-state index in [4.69, 9.17) is 5.11 Å². The second-order valence-electron chi connectivity index (χ2n) is 3.26. The Morgan fingerprint density at radius 3 is 2.09 bits per heavy atom. The molecule has 1 N–H and O–H groups in total. The Morgan fingerprint density at radius 2 is 1.82 bits per heavy atom. The highest BCUT2D eigenvalue weighted by atomic mass is 16.4. The number of carboxylic acids is 1. The van der Waals surface area contributed by atoms with Gasteiger partial charge in [-0.05, 0) is 13.8 Å². The molecule has 0 saturated heterocycles. The van der Waals surface area contributed by atoms with Crippen molar-refractivity contribution in [2.24, 2.45) is 5.41 Å². The summed E-state index contributed by atoms with van der Waals surface area (Å²) in [5.41, 5.74) is -0.910. The molecule has 0 unspecified atom stereocenters. The predicted molar refractivity (Wildman–Crippen MR) is 41.3 cm³/mol. The van der Waals surface area contributed by atoms with Crippen LogP contribution in [0.1, 0.15) is 33.6 Å². The Morgan fingerprint density at radius 1 is 1.36 bits per heavy atom. The van der Waals surface area contributed by atoms with Crippen LogP contribution in [0, 0.1) is 5.41 Å². The molecule has 0 aromatic rings. The van der Waals surface area contributed by atoms with Crippen LogP contribution in [0.5, 0.6) is 0 Å². The largest absolute Gasteiger partial charge is 0.481 e. The molecule has 0 atom stereocenters. The van der Waals surface area contributed by atoms with Gasteiger partial charge in [0.25, 0.3) is 0 Å². The van der Waals surface area contributed by atoms with Crippen LogP contribution in [-0.2, 0) is 9.59 Å². The van der Waals surface area contributed by atoms with Crippen molar-refractivity contribution < 1.29 is 14.7 Å². The Bertz CT molecular complexity index is 170. The molecule has 0 radical (unpaired) electrons. The monoisotopic (exact) mass is 158 g/mol. The van der Waals surface area contributed by atoms with Gasteiger partial charge in [-0.2, -0.15) is 0 Å². The third kappa shape index (κ3) is 3.16. The van der Waals surface area contributed by atoms with Crippen molar-refractivity contribution in [1.29, 1.82) is 0 Å². The predicted octanol–water partition coefficient (Wildman–Crippen LogP) is 1.47. The Hall–Kier alpha value is -0.860. The fourth-order valence-corrected chi connectivity index (χ4v) is 0.694. The molecule has 0 aromatic carbocycles. The number of aliphatic carboxylic acids is 1. The van der Waals surface area contributed by atoms with E-state index in [2.05, 4.69) is 0 Å². The number of hydrogen-bond acceptors (Lipinski definition) is 2. The fraction of sp³-hybridized carbons (Fsp3) is 0.750. The number of carbonyl (C=O) groups is 2. The molecule has 0 spiro atoms. The molecule has 0 aromatic heterocycles. The third-order valence-corrected chi connectivity index (χ3v) is 1.61. The van der Waals surface area contributed by atoms with Crippen molar-refractivity contribution in [2.45, 2.75) is 33.6 Å². The molecule has 0 aliphatic rings. The first-order valence-electron chi connectivity index (χ1n) is 3.65. The van der Waals surface area contributed by atoms with E-state index in [1.807, 2.05) is 0 Å². The van der Waals surface area contributed by atoms with E-state index in [0.717, 1.165) is 0 Å². The van der Waals surface area contributed by atoms with Crippen molar-refractivity contribution in [1.82, 2.24) is 0 Å². The maximum Gasteiger partial charge on any atom is 0.309 e. The van der Waals surface area contributed by atoms with E-state index >= 15 is 0 Å². The van der Waals surface area contributed by atoms with E-state index in [9.17, 15) is 9.59 Å². The summed E-state index contributed by atoms with van der Waals surface area (Å²) in [6, 6.07) is 0. The normalized spacial score (nSPS) is 11.2. The number of carboxylic acid groups (broad SMARTS) is 1. The van der Waals surface area contributed by atoms with Crippen LogP contribution in [0.4, 0.5) is 0 Å². The first-order chi connectivity index (χ1) is 4.90. The lowest BCUT2D eigenvalue weighted by molar-refractivity contribution is -0.149. The zero-order valence-electron chi connectivity index (χ0n) is 7.18. The van der Waals surface area contributed by atoms with E-state index in [0.29, 0.717) is 6.42 Å². The van der Waals surface area contributed by atoms with Gasteiger partial charge in [-0.15, -0.1) is 0 Å². The number of ketones is 1. The number of rotatable bonds is 4. The molecule has 0 heterocycles. The zero-order chi connectivity index (χ0) is 9.07. The van der Waals surface area contributed by atoms with Crippen molar-refractivity contribution in [3.63, 3.8) is 0 Å². The molecule has 0 fully saturated rings. The van der Waals surface area contributed by atoms with Gasteiger partial charge in [0.2, 0.25) is 0 Å². The molecule has 64 valence electrons. The van der Waals surface area contributed by atoms with Gasteiger partial charge in [0.05, 0.1) is 5.41 Å². The first-order valence-corrected chi connectivity index (χ1v) is 3.65. The molecule has 11 heavy (non-hydrogen) atoms. The SMILES string of the molecule is CCC(=O)CC(C)(C)C(=O)O. The maximum absolute atomic E-state index is 10.9. The summed E-state index contributed by atoms with van der Waals surface area (Å²) in [7, 11) is 0. The van der Waals surface area contributed by atoms with Crippen LogP contribution in [0.25, 0.3) is 0 Å². The Balaban J connectivity index is 4.12.